The zero-order valence-corrected chi connectivity index (χ0v) is 11.9. The van der Waals surface area contributed by atoms with E-state index in [0.717, 1.165) is 34.8 Å². The molecule has 90 valence electrons. The number of thioether (sulfide) groups is 1. The molecular formula is C12H18BrNOS. The lowest BCUT2D eigenvalue weighted by atomic mass is 10.1. The topological polar surface area (TPSA) is 35.2 Å². The van der Waals surface area contributed by atoms with Gasteiger partial charge in [0, 0.05) is 10.2 Å². The Morgan fingerprint density at radius 1 is 1.44 bits per heavy atom. The molecule has 0 saturated carbocycles. The fourth-order valence-electron chi connectivity index (χ4n) is 1.39. The summed E-state index contributed by atoms with van der Waals surface area (Å²) in [7, 11) is 0. The summed E-state index contributed by atoms with van der Waals surface area (Å²) in [5, 5.41) is 0. The van der Waals surface area contributed by atoms with Crippen molar-refractivity contribution in [2.24, 2.45) is 5.73 Å². The van der Waals surface area contributed by atoms with Crippen LogP contribution in [-0.4, -0.2) is 24.7 Å². The second kappa shape index (κ2) is 7.98. The standard InChI is InChI=1S/C12H18BrNOS/c1-2-16-8-7-15-12-4-3-11(13)9-10(12)5-6-14/h3-4,9H,2,5-8,14H2,1H3. The van der Waals surface area contributed by atoms with Gasteiger partial charge in [-0.25, -0.2) is 0 Å². The summed E-state index contributed by atoms with van der Waals surface area (Å²) in [6, 6.07) is 6.09. The van der Waals surface area contributed by atoms with Gasteiger partial charge in [-0.05, 0) is 42.5 Å². The number of rotatable bonds is 7. The Kier molecular flexibility index (Phi) is 6.92. The summed E-state index contributed by atoms with van der Waals surface area (Å²) in [4.78, 5) is 0. The van der Waals surface area contributed by atoms with Crippen molar-refractivity contribution < 1.29 is 4.74 Å². The van der Waals surface area contributed by atoms with E-state index in [-0.39, 0.29) is 0 Å². The maximum absolute atomic E-state index is 5.75. The lowest BCUT2D eigenvalue weighted by Gasteiger charge is -2.11. The molecule has 0 heterocycles. The van der Waals surface area contributed by atoms with Gasteiger partial charge in [-0.15, -0.1) is 0 Å². The molecule has 1 rings (SSSR count). The Labute approximate surface area is 110 Å². The molecule has 2 N–H and O–H groups in total. The fraction of sp³-hybridized carbons (Fsp3) is 0.500. The molecule has 0 aliphatic carbocycles. The largest absolute Gasteiger partial charge is 0.492 e. The van der Waals surface area contributed by atoms with Crippen LogP contribution in [0.25, 0.3) is 0 Å². The average Bonchev–Trinajstić information content (AvgIpc) is 2.27. The molecule has 4 heteroatoms. The first-order chi connectivity index (χ1) is 7.77. The third-order valence-electron chi connectivity index (χ3n) is 2.13. The molecule has 1 aromatic rings. The fourth-order valence-corrected chi connectivity index (χ4v) is 2.29. The van der Waals surface area contributed by atoms with Crippen LogP contribution in [0.4, 0.5) is 0 Å². The van der Waals surface area contributed by atoms with Crippen LogP contribution >= 0.6 is 27.7 Å². The average molecular weight is 304 g/mol. The first-order valence-electron chi connectivity index (χ1n) is 5.47. The van der Waals surface area contributed by atoms with Gasteiger partial charge in [0.05, 0.1) is 6.61 Å². The highest BCUT2D eigenvalue weighted by Gasteiger charge is 2.03. The van der Waals surface area contributed by atoms with E-state index in [0.29, 0.717) is 6.54 Å². The van der Waals surface area contributed by atoms with Crippen LogP contribution in [0.3, 0.4) is 0 Å². The second-order valence-corrected chi connectivity index (χ2v) is 5.65. The second-order valence-electron chi connectivity index (χ2n) is 3.34. The number of hydrogen-bond donors (Lipinski definition) is 1. The number of hydrogen-bond acceptors (Lipinski definition) is 3. The van der Waals surface area contributed by atoms with Crippen LogP contribution in [0, 0.1) is 0 Å². The number of benzene rings is 1. The monoisotopic (exact) mass is 303 g/mol. The van der Waals surface area contributed by atoms with Crippen molar-refractivity contribution in [1.82, 2.24) is 0 Å². The lowest BCUT2D eigenvalue weighted by molar-refractivity contribution is 0.340. The van der Waals surface area contributed by atoms with Gasteiger partial charge in [0.15, 0.2) is 0 Å². The van der Waals surface area contributed by atoms with Gasteiger partial charge in [-0.3, -0.25) is 0 Å². The van der Waals surface area contributed by atoms with E-state index < -0.39 is 0 Å². The van der Waals surface area contributed by atoms with E-state index in [1.165, 1.54) is 5.56 Å². The minimum absolute atomic E-state index is 0.649. The Bertz CT molecular complexity index is 320. The predicted octanol–water partition coefficient (Wildman–Crippen LogP) is 3.08. The minimum atomic E-state index is 0.649. The highest BCUT2D eigenvalue weighted by Crippen LogP contribution is 2.23. The van der Waals surface area contributed by atoms with Crippen LogP contribution in [0.15, 0.2) is 22.7 Å². The molecule has 0 radical (unpaired) electrons. The highest BCUT2D eigenvalue weighted by atomic mass is 79.9. The molecule has 0 saturated heterocycles. The van der Waals surface area contributed by atoms with Gasteiger partial charge in [0.25, 0.3) is 0 Å². The number of nitrogens with two attached hydrogens (primary N) is 1. The van der Waals surface area contributed by atoms with Crippen molar-refractivity contribution in [3.63, 3.8) is 0 Å². The van der Waals surface area contributed by atoms with E-state index in [1.54, 1.807) is 0 Å². The number of halogens is 1. The van der Waals surface area contributed by atoms with E-state index in [9.17, 15) is 0 Å². The molecule has 0 aromatic heterocycles. The Morgan fingerprint density at radius 2 is 2.25 bits per heavy atom. The molecule has 0 spiro atoms. The SMILES string of the molecule is CCSCCOc1ccc(Br)cc1CCN. The Morgan fingerprint density at radius 3 is 2.94 bits per heavy atom. The zero-order chi connectivity index (χ0) is 11.8. The molecule has 16 heavy (non-hydrogen) atoms. The number of ether oxygens (including phenoxy) is 1. The molecule has 0 unspecified atom stereocenters. The zero-order valence-electron chi connectivity index (χ0n) is 9.54. The van der Waals surface area contributed by atoms with Gasteiger partial charge in [0.2, 0.25) is 0 Å². The molecule has 0 fully saturated rings. The molecule has 0 amide bonds. The smallest absolute Gasteiger partial charge is 0.122 e. The first-order valence-corrected chi connectivity index (χ1v) is 7.41. The maximum Gasteiger partial charge on any atom is 0.122 e. The molecule has 0 aliphatic heterocycles. The van der Waals surface area contributed by atoms with Gasteiger partial charge >= 0.3 is 0 Å². The van der Waals surface area contributed by atoms with Gasteiger partial charge in [-0.1, -0.05) is 22.9 Å². The third-order valence-corrected chi connectivity index (χ3v) is 3.48. The van der Waals surface area contributed by atoms with E-state index >= 15 is 0 Å². The molecule has 0 atom stereocenters. The Balaban J connectivity index is 2.56. The minimum Gasteiger partial charge on any atom is -0.492 e. The molecule has 0 bridgehead atoms. The summed E-state index contributed by atoms with van der Waals surface area (Å²) >= 11 is 5.35. The van der Waals surface area contributed by atoms with E-state index in [1.807, 2.05) is 23.9 Å². The molecule has 2 nitrogen and oxygen atoms in total. The van der Waals surface area contributed by atoms with Crippen LogP contribution in [0.2, 0.25) is 0 Å². The molecule has 1 aromatic carbocycles. The Hall–Kier alpha value is -0.190. The van der Waals surface area contributed by atoms with Gasteiger partial charge in [-0.2, -0.15) is 11.8 Å². The third kappa shape index (κ3) is 4.76. The summed E-state index contributed by atoms with van der Waals surface area (Å²) in [5.74, 6) is 3.14. The molecular weight excluding hydrogens is 286 g/mol. The van der Waals surface area contributed by atoms with Gasteiger partial charge in [0.1, 0.15) is 5.75 Å². The maximum atomic E-state index is 5.75. The summed E-state index contributed by atoms with van der Waals surface area (Å²) < 4.78 is 6.82. The van der Waals surface area contributed by atoms with Crippen LogP contribution in [-0.2, 0) is 6.42 Å². The van der Waals surface area contributed by atoms with E-state index in [4.69, 9.17) is 10.5 Å². The van der Waals surface area contributed by atoms with Crippen molar-refractivity contribution in [3.05, 3.63) is 28.2 Å². The van der Waals surface area contributed by atoms with Crippen molar-refractivity contribution >= 4 is 27.7 Å². The summed E-state index contributed by atoms with van der Waals surface area (Å²) in [6.07, 6.45) is 0.857. The quantitative estimate of drug-likeness (QED) is 0.786. The summed E-state index contributed by atoms with van der Waals surface area (Å²) in [6.45, 7) is 3.57. The first kappa shape index (κ1) is 13.9. The van der Waals surface area contributed by atoms with Crippen molar-refractivity contribution in [2.75, 3.05) is 24.7 Å². The lowest BCUT2D eigenvalue weighted by Crippen LogP contribution is -2.07. The van der Waals surface area contributed by atoms with Gasteiger partial charge < -0.3 is 10.5 Å². The van der Waals surface area contributed by atoms with Crippen LogP contribution in [0.1, 0.15) is 12.5 Å². The predicted molar refractivity (Wildman–Crippen MR) is 75.4 cm³/mol. The summed E-state index contributed by atoms with van der Waals surface area (Å²) in [5.41, 5.74) is 6.76. The van der Waals surface area contributed by atoms with Crippen LogP contribution in [0.5, 0.6) is 5.75 Å². The van der Waals surface area contributed by atoms with Crippen molar-refractivity contribution in [2.45, 2.75) is 13.3 Å². The normalized spacial score (nSPS) is 10.4. The van der Waals surface area contributed by atoms with Crippen LogP contribution < -0.4 is 10.5 Å². The molecule has 0 aliphatic rings. The highest BCUT2D eigenvalue weighted by molar-refractivity contribution is 9.10. The van der Waals surface area contributed by atoms with Crippen molar-refractivity contribution in [1.29, 1.82) is 0 Å². The van der Waals surface area contributed by atoms with E-state index in [2.05, 4.69) is 28.9 Å². The van der Waals surface area contributed by atoms with Crippen molar-refractivity contribution in [3.8, 4) is 5.75 Å².